The second-order valence-corrected chi connectivity index (χ2v) is 1.91. The number of carbonyl (C=O) groups excluding carboxylic acids is 1. The quantitative estimate of drug-likeness (QED) is 0.351. The Kier molecular flexibility index (Phi) is 2.15. The summed E-state index contributed by atoms with van der Waals surface area (Å²) in [6.07, 6.45) is 1.37. The molecule has 1 heterocycles. The lowest BCUT2D eigenvalue weighted by Crippen LogP contribution is -1.72. The SMILES string of the molecule is O=C=Nc1cccc(Cl)n1. The summed E-state index contributed by atoms with van der Waals surface area (Å²) < 4.78 is 0. The first kappa shape index (κ1) is 6.93. The Morgan fingerprint density at radius 3 is 3.00 bits per heavy atom. The summed E-state index contributed by atoms with van der Waals surface area (Å²) in [5, 5.41) is 0.316. The maximum Gasteiger partial charge on any atom is 0.242 e. The maximum absolute atomic E-state index is 9.71. The molecule has 4 heteroatoms. The molecule has 1 aromatic heterocycles. The van der Waals surface area contributed by atoms with E-state index in [-0.39, 0.29) is 5.82 Å². The van der Waals surface area contributed by atoms with Gasteiger partial charge in [-0.2, -0.15) is 0 Å². The zero-order valence-electron chi connectivity index (χ0n) is 4.91. The predicted octanol–water partition coefficient (Wildman–Crippen LogP) is 1.70. The van der Waals surface area contributed by atoms with Gasteiger partial charge in [0, 0.05) is 0 Å². The minimum absolute atomic E-state index is 0.280. The maximum atomic E-state index is 9.71. The van der Waals surface area contributed by atoms with Crippen molar-refractivity contribution in [2.45, 2.75) is 0 Å². The van der Waals surface area contributed by atoms with E-state index in [4.69, 9.17) is 11.6 Å². The smallest absolute Gasteiger partial charge is 0.216 e. The van der Waals surface area contributed by atoms with Crippen molar-refractivity contribution in [3.8, 4) is 0 Å². The molecule has 0 fully saturated rings. The summed E-state index contributed by atoms with van der Waals surface area (Å²) in [6, 6.07) is 4.83. The van der Waals surface area contributed by atoms with Crippen molar-refractivity contribution in [1.29, 1.82) is 0 Å². The normalized spacial score (nSPS) is 8.50. The van der Waals surface area contributed by atoms with Crippen molar-refractivity contribution < 1.29 is 4.79 Å². The third kappa shape index (κ3) is 1.65. The first-order valence-corrected chi connectivity index (χ1v) is 2.91. The average Bonchev–Trinajstić information content (AvgIpc) is 1.88. The van der Waals surface area contributed by atoms with E-state index in [1.54, 1.807) is 18.2 Å². The molecule has 0 unspecified atom stereocenters. The zero-order chi connectivity index (χ0) is 7.40. The first-order valence-electron chi connectivity index (χ1n) is 2.53. The van der Waals surface area contributed by atoms with Crippen LogP contribution in [0.4, 0.5) is 5.82 Å². The minimum atomic E-state index is 0.280. The van der Waals surface area contributed by atoms with Gasteiger partial charge in [-0.05, 0) is 12.1 Å². The van der Waals surface area contributed by atoms with E-state index in [1.807, 2.05) is 0 Å². The van der Waals surface area contributed by atoms with Crippen molar-refractivity contribution >= 4 is 23.5 Å². The summed E-state index contributed by atoms with van der Waals surface area (Å²) in [5.41, 5.74) is 0. The van der Waals surface area contributed by atoms with Crippen molar-refractivity contribution in [2.24, 2.45) is 4.99 Å². The molecule has 0 aromatic carbocycles. The number of nitrogens with zero attached hydrogens (tertiary/aromatic N) is 2. The summed E-state index contributed by atoms with van der Waals surface area (Å²) in [6.45, 7) is 0. The molecule has 0 atom stereocenters. The summed E-state index contributed by atoms with van der Waals surface area (Å²) in [5.74, 6) is 0.280. The van der Waals surface area contributed by atoms with Crippen LogP contribution in [0.5, 0.6) is 0 Å². The number of hydrogen-bond donors (Lipinski definition) is 0. The molecule has 1 rings (SSSR count). The highest BCUT2D eigenvalue weighted by Crippen LogP contribution is 2.10. The van der Waals surface area contributed by atoms with E-state index in [1.165, 1.54) is 6.08 Å². The molecule has 0 aliphatic carbocycles. The van der Waals surface area contributed by atoms with Crippen molar-refractivity contribution in [3.05, 3.63) is 23.4 Å². The average molecular weight is 155 g/mol. The van der Waals surface area contributed by atoms with Gasteiger partial charge in [0.15, 0.2) is 5.82 Å². The molecule has 0 spiro atoms. The van der Waals surface area contributed by atoms with Crippen LogP contribution >= 0.6 is 11.6 Å². The third-order valence-corrected chi connectivity index (χ3v) is 1.07. The molecular formula is C6H3ClN2O. The molecule has 10 heavy (non-hydrogen) atoms. The Morgan fingerprint density at radius 2 is 2.40 bits per heavy atom. The molecule has 0 bridgehead atoms. The second kappa shape index (κ2) is 3.11. The fraction of sp³-hybridized carbons (Fsp3) is 0. The Bertz CT molecular complexity index is 281. The Hall–Kier alpha value is -1.18. The van der Waals surface area contributed by atoms with E-state index >= 15 is 0 Å². The van der Waals surface area contributed by atoms with Crippen LogP contribution in [0.25, 0.3) is 0 Å². The molecule has 3 nitrogen and oxygen atoms in total. The molecule has 0 radical (unpaired) electrons. The lowest BCUT2D eigenvalue weighted by atomic mass is 10.5. The molecule has 0 aliphatic rings. The van der Waals surface area contributed by atoms with Gasteiger partial charge in [-0.1, -0.05) is 17.7 Å². The van der Waals surface area contributed by atoms with Gasteiger partial charge < -0.3 is 0 Å². The highest BCUT2D eigenvalue weighted by Gasteiger charge is 1.89. The molecule has 0 saturated heterocycles. The fourth-order valence-corrected chi connectivity index (χ4v) is 0.666. The zero-order valence-corrected chi connectivity index (χ0v) is 5.67. The van der Waals surface area contributed by atoms with Crippen LogP contribution in [0.2, 0.25) is 5.15 Å². The van der Waals surface area contributed by atoms with Crippen LogP contribution in [0.15, 0.2) is 23.2 Å². The molecular weight excluding hydrogens is 152 g/mol. The van der Waals surface area contributed by atoms with Crippen molar-refractivity contribution in [2.75, 3.05) is 0 Å². The first-order chi connectivity index (χ1) is 4.83. The number of pyridine rings is 1. The fourth-order valence-electron chi connectivity index (χ4n) is 0.507. The molecule has 0 aliphatic heterocycles. The van der Waals surface area contributed by atoms with Gasteiger partial charge >= 0.3 is 0 Å². The van der Waals surface area contributed by atoms with E-state index in [2.05, 4.69) is 9.98 Å². The minimum Gasteiger partial charge on any atom is -0.216 e. The monoisotopic (exact) mass is 154 g/mol. The van der Waals surface area contributed by atoms with Gasteiger partial charge in [-0.3, -0.25) is 0 Å². The van der Waals surface area contributed by atoms with Crippen LogP contribution in [-0.4, -0.2) is 11.1 Å². The number of hydrogen-bond acceptors (Lipinski definition) is 3. The second-order valence-electron chi connectivity index (χ2n) is 1.52. The largest absolute Gasteiger partial charge is 0.242 e. The van der Waals surface area contributed by atoms with Crippen LogP contribution < -0.4 is 0 Å². The Balaban J connectivity index is 3.06. The van der Waals surface area contributed by atoms with Gasteiger partial charge in [0.05, 0.1) is 0 Å². The standard InChI is InChI=1S/C6H3ClN2O/c7-5-2-1-3-6(9-5)8-4-10/h1-3H. The lowest BCUT2D eigenvalue weighted by Gasteiger charge is -1.87. The highest BCUT2D eigenvalue weighted by atomic mass is 35.5. The number of rotatable bonds is 1. The Labute approximate surface area is 62.4 Å². The molecule has 1 aromatic rings. The van der Waals surface area contributed by atoms with Crippen LogP contribution in [-0.2, 0) is 4.79 Å². The van der Waals surface area contributed by atoms with Crippen LogP contribution in [0, 0.1) is 0 Å². The number of aromatic nitrogens is 1. The van der Waals surface area contributed by atoms with E-state index < -0.39 is 0 Å². The van der Waals surface area contributed by atoms with Gasteiger partial charge in [-0.15, -0.1) is 4.99 Å². The number of aliphatic imine (C=N–C) groups is 1. The molecule has 0 N–H and O–H groups in total. The molecule has 0 saturated carbocycles. The number of isocyanates is 1. The predicted molar refractivity (Wildman–Crippen MR) is 37.0 cm³/mol. The van der Waals surface area contributed by atoms with Crippen molar-refractivity contribution in [3.63, 3.8) is 0 Å². The van der Waals surface area contributed by atoms with E-state index in [0.29, 0.717) is 5.15 Å². The van der Waals surface area contributed by atoms with E-state index in [9.17, 15) is 4.79 Å². The summed E-state index contributed by atoms with van der Waals surface area (Å²) in [4.78, 5) is 16.7. The molecule has 0 amide bonds. The number of halogens is 1. The summed E-state index contributed by atoms with van der Waals surface area (Å²) in [7, 11) is 0. The van der Waals surface area contributed by atoms with Gasteiger partial charge in [0.1, 0.15) is 5.15 Å². The highest BCUT2D eigenvalue weighted by molar-refractivity contribution is 6.29. The van der Waals surface area contributed by atoms with Crippen molar-refractivity contribution in [1.82, 2.24) is 4.98 Å². The summed E-state index contributed by atoms with van der Waals surface area (Å²) >= 11 is 5.48. The van der Waals surface area contributed by atoms with Gasteiger partial charge in [-0.25, -0.2) is 9.78 Å². The molecule has 50 valence electrons. The topological polar surface area (TPSA) is 42.3 Å². The van der Waals surface area contributed by atoms with E-state index in [0.717, 1.165) is 0 Å². The lowest BCUT2D eigenvalue weighted by molar-refractivity contribution is 0.565. The Morgan fingerprint density at radius 1 is 1.60 bits per heavy atom. The van der Waals surface area contributed by atoms with Gasteiger partial charge in [0.25, 0.3) is 0 Å². The van der Waals surface area contributed by atoms with Crippen LogP contribution in [0.1, 0.15) is 0 Å². The third-order valence-electron chi connectivity index (χ3n) is 0.861. The van der Waals surface area contributed by atoms with Gasteiger partial charge in [0.2, 0.25) is 6.08 Å². The van der Waals surface area contributed by atoms with Crippen LogP contribution in [0.3, 0.4) is 0 Å².